The number of amides is 3. The van der Waals surface area contributed by atoms with Gasteiger partial charge in [-0.15, -0.1) is 0 Å². The number of carbonyl (C=O) groups excluding carboxylic acids is 3. The number of benzene rings is 1. The Bertz CT molecular complexity index is 963. The Balaban J connectivity index is 1.37. The van der Waals surface area contributed by atoms with E-state index in [-0.39, 0.29) is 36.9 Å². The highest BCUT2D eigenvalue weighted by Gasteiger charge is 2.24. The maximum Gasteiger partial charge on any atom is 0.287 e. The molecule has 1 aromatic heterocycles. The maximum atomic E-state index is 12.3. The van der Waals surface area contributed by atoms with E-state index >= 15 is 0 Å². The van der Waals surface area contributed by atoms with E-state index in [4.69, 9.17) is 9.15 Å². The molecule has 172 valence electrons. The highest BCUT2D eigenvalue weighted by Crippen LogP contribution is 2.24. The van der Waals surface area contributed by atoms with Gasteiger partial charge in [0, 0.05) is 24.7 Å². The molecule has 0 unspecified atom stereocenters. The predicted molar refractivity (Wildman–Crippen MR) is 120 cm³/mol. The zero-order valence-corrected chi connectivity index (χ0v) is 18.7. The number of likely N-dealkylation sites (tertiary alicyclic amines) is 1. The van der Waals surface area contributed by atoms with E-state index in [0.29, 0.717) is 30.3 Å². The molecule has 2 aromatic rings. The lowest BCUT2D eigenvalue weighted by Crippen LogP contribution is -2.48. The summed E-state index contributed by atoms with van der Waals surface area (Å²) in [7, 11) is 1.54. The minimum atomic E-state index is -0.322. The average molecular weight is 443 g/mol. The summed E-state index contributed by atoms with van der Waals surface area (Å²) >= 11 is 0. The topological polar surface area (TPSA) is 113 Å². The Labute approximate surface area is 187 Å². The molecule has 3 amide bonds. The lowest BCUT2D eigenvalue weighted by Gasteiger charge is -2.31. The molecule has 1 aliphatic heterocycles. The van der Waals surface area contributed by atoms with Gasteiger partial charge in [-0.1, -0.05) is 6.07 Å². The van der Waals surface area contributed by atoms with Gasteiger partial charge >= 0.3 is 0 Å². The summed E-state index contributed by atoms with van der Waals surface area (Å²) in [5.74, 6) is 0.155. The summed E-state index contributed by atoms with van der Waals surface area (Å²) in [6.07, 6.45) is 2.99. The minimum absolute atomic E-state index is 0.0430. The zero-order chi connectivity index (χ0) is 23.1. The van der Waals surface area contributed by atoms with Crippen LogP contribution in [0.15, 0.2) is 34.9 Å². The molecule has 3 rings (SSSR count). The molecule has 0 bridgehead atoms. The quantitative estimate of drug-likeness (QED) is 0.575. The Hall–Kier alpha value is -3.33. The van der Waals surface area contributed by atoms with Crippen LogP contribution in [0.3, 0.4) is 0 Å². The summed E-state index contributed by atoms with van der Waals surface area (Å²) < 4.78 is 10.5. The first-order chi connectivity index (χ1) is 15.4. The highest BCUT2D eigenvalue weighted by molar-refractivity contribution is 5.96. The number of piperidine rings is 1. The normalized spacial score (nSPS) is 14.6. The number of ether oxygens (including phenoxy) is 1. The molecule has 0 saturated carbocycles. The molecular weight excluding hydrogens is 412 g/mol. The second-order valence-corrected chi connectivity index (χ2v) is 7.99. The summed E-state index contributed by atoms with van der Waals surface area (Å²) in [4.78, 5) is 38.7. The number of nitrogens with zero attached hydrogens (tertiary/aromatic N) is 1. The van der Waals surface area contributed by atoms with Crippen LogP contribution in [0, 0.1) is 13.8 Å². The van der Waals surface area contributed by atoms with Crippen LogP contribution in [0.25, 0.3) is 0 Å². The van der Waals surface area contributed by atoms with E-state index in [9.17, 15) is 14.4 Å². The number of rotatable bonds is 8. The van der Waals surface area contributed by atoms with Crippen LogP contribution in [-0.2, 0) is 9.59 Å². The standard InChI is InChI=1S/C23H30N4O5/c1-15-4-5-19(31-3)18(12-15)26-20(28)13-24-21(29)14-27-9-6-17(7-10-27)25-23(30)22-16(2)8-11-32-22/h4-5,8,11-12,17H,6-7,9-10,13-14H2,1-3H3,(H,24,29)(H,25,30)(H,26,28). The highest BCUT2D eigenvalue weighted by atomic mass is 16.5. The molecule has 1 fully saturated rings. The fourth-order valence-electron chi connectivity index (χ4n) is 3.64. The van der Waals surface area contributed by atoms with Crippen LogP contribution in [0.2, 0.25) is 0 Å². The summed E-state index contributed by atoms with van der Waals surface area (Å²) in [6, 6.07) is 7.29. The maximum absolute atomic E-state index is 12.3. The Kier molecular flexibility index (Phi) is 7.88. The zero-order valence-electron chi connectivity index (χ0n) is 18.7. The summed E-state index contributed by atoms with van der Waals surface area (Å²) in [5, 5.41) is 8.40. The van der Waals surface area contributed by atoms with Gasteiger partial charge in [0.2, 0.25) is 11.8 Å². The smallest absolute Gasteiger partial charge is 0.287 e. The number of carbonyl (C=O) groups is 3. The van der Waals surface area contributed by atoms with Crippen molar-refractivity contribution in [3.63, 3.8) is 0 Å². The second kappa shape index (κ2) is 10.8. The van der Waals surface area contributed by atoms with Crippen molar-refractivity contribution in [3.05, 3.63) is 47.4 Å². The van der Waals surface area contributed by atoms with E-state index in [0.717, 1.165) is 24.0 Å². The SMILES string of the molecule is COc1ccc(C)cc1NC(=O)CNC(=O)CN1CCC(NC(=O)c2occc2C)CC1. The van der Waals surface area contributed by atoms with Crippen LogP contribution in [0.5, 0.6) is 5.75 Å². The minimum Gasteiger partial charge on any atom is -0.495 e. The van der Waals surface area contributed by atoms with Crippen molar-refractivity contribution >= 4 is 23.4 Å². The molecule has 1 aliphatic rings. The van der Waals surface area contributed by atoms with Crippen molar-refractivity contribution in [1.29, 1.82) is 0 Å². The largest absolute Gasteiger partial charge is 0.495 e. The molecule has 2 heterocycles. The van der Waals surface area contributed by atoms with Gasteiger partial charge in [0.15, 0.2) is 5.76 Å². The molecular formula is C23H30N4O5. The molecule has 1 saturated heterocycles. The van der Waals surface area contributed by atoms with Crippen LogP contribution < -0.4 is 20.7 Å². The Morgan fingerprint density at radius 3 is 2.53 bits per heavy atom. The van der Waals surface area contributed by atoms with Gasteiger partial charge < -0.3 is 25.1 Å². The number of hydrogen-bond acceptors (Lipinski definition) is 6. The van der Waals surface area contributed by atoms with E-state index in [1.54, 1.807) is 12.1 Å². The number of hydrogen-bond donors (Lipinski definition) is 3. The molecule has 0 spiro atoms. The Morgan fingerprint density at radius 1 is 1.12 bits per heavy atom. The van der Waals surface area contributed by atoms with Crippen LogP contribution in [-0.4, -0.2) is 62.0 Å². The van der Waals surface area contributed by atoms with Gasteiger partial charge in [-0.2, -0.15) is 0 Å². The van der Waals surface area contributed by atoms with E-state index in [1.807, 2.05) is 30.9 Å². The van der Waals surface area contributed by atoms with Gasteiger partial charge in [-0.05, 0) is 50.5 Å². The van der Waals surface area contributed by atoms with E-state index < -0.39 is 0 Å². The molecule has 9 heteroatoms. The number of anilines is 1. The number of furan rings is 1. The summed E-state index contributed by atoms with van der Waals surface area (Å²) in [5.41, 5.74) is 2.37. The molecule has 3 N–H and O–H groups in total. The third-order valence-corrected chi connectivity index (χ3v) is 5.43. The van der Waals surface area contributed by atoms with Crippen LogP contribution in [0.4, 0.5) is 5.69 Å². The van der Waals surface area contributed by atoms with E-state index in [2.05, 4.69) is 16.0 Å². The van der Waals surface area contributed by atoms with Crippen molar-refractivity contribution in [3.8, 4) is 5.75 Å². The van der Waals surface area contributed by atoms with Crippen molar-refractivity contribution in [2.75, 3.05) is 38.6 Å². The predicted octanol–water partition coefficient (Wildman–Crippen LogP) is 1.85. The monoisotopic (exact) mass is 442 g/mol. The first-order valence-electron chi connectivity index (χ1n) is 10.6. The fourth-order valence-corrected chi connectivity index (χ4v) is 3.64. The third kappa shape index (κ3) is 6.34. The van der Waals surface area contributed by atoms with E-state index in [1.165, 1.54) is 13.4 Å². The fraction of sp³-hybridized carbons (Fsp3) is 0.435. The second-order valence-electron chi connectivity index (χ2n) is 7.99. The van der Waals surface area contributed by atoms with Crippen molar-refractivity contribution in [2.24, 2.45) is 0 Å². The first-order valence-corrected chi connectivity index (χ1v) is 10.6. The van der Waals surface area contributed by atoms with Gasteiger partial charge in [-0.25, -0.2) is 0 Å². The van der Waals surface area contributed by atoms with Crippen molar-refractivity contribution in [1.82, 2.24) is 15.5 Å². The van der Waals surface area contributed by atoms with Gasteiger partial charge in [-0.3, -0.25) is 19.3 Å². The summed E-state index contributed by atoms with van der Waals surface area (Å²) in [6.45, 7) is 5.20. The van der Waals surface area contributed by atoms with Gasteiger partial charge in [0.1, 0.15) is 5.75 Å². The Morgan fingerprint density at radius 2 is 1.88 bits per heavy atom. The number of methoxy groups -OCH3 is 1. The van der Waals surface area contributed by atoms with Gasteiger partial charge in [0.05, 0.1) is 32.1 Å². The molecule has 0 atom stereocenters. The molecule has 1 aromatic carbocycles. The lowest BCUT2D eigenvalue weighted by molar-refractivity contribution is -0.125. The van der Waals surface area contributed by atoms with Gasteiger partial charge in [0.25, 0.3) is 5.91 Å². The molecule has 0 radical (unpaired) electrons. The van der Waals surface area contributed by atoms with Crippen LogP contribution >= 0.6 is 0 Å². The molecule has 0 aliphatic carbocycles. The number of aryl methyl sites for hydroxylation is 2. The average Bonchev–Trinajstić information content (AvgIpc) is 3.20. The molecule has 9 nitrogen and oxygen atoms in total. The number of nitrogens with one attached hydrogen (secondary N) is 3. The molecule has 32 heavy (non-hydrogen) atoms. The lowest BCUT2D eigenvalue weighted by atomic mass is 10.0. The third-order valence-electron chi connectivity index (χ3n) is 5.43. The van der Waals surface area contributed by atoms with Crippen molar-refractivity contribution in [2.45, 2.75) is 32.7 Å². The van der Waals surface area contributed by atoms with Crippen molar-refractivity contribution < 1.29 is 23.5 Å². The van der Waals surface area contributed by atoms with Crippen LogP contribution in [0.1, 0.15) is 34.5 Å². The first kappa shape index (κ1) is 23.3.